The fourth-order valence-corrected chi connectivity index (χ4v) is 4.79. The second-order valence-corrected chi connectivity index (χ2v) is 7.64. The number of nitrogens with zero attached hydrogens (tertiary/aromatic N) is 1. The molecule has 0 aliphatic carbocycles. The van der Waals surface area contributed by atoms with Crippen molar-refractivity contribution in [2.75, 3.05) is 26.2 Å². The summed E-state index contributed by atoms with van der Waals surface area (Å²) < 4.78 is 26.3. The Morgan fingerprint density at radius 2 is 2.00 bits per heavy atom. The van der Waals surface area contributed by atoms with Crippen molar-refractivity contribution in [1.82, 2.24) is 9.62 Å². The lowest BCUT2D eigenvalue weighted by atomic mass is 9.97. The number of aliphatic hydroxyl groups is 1. The van der Waals surface area contributed by atoms with Gasteiger partial charge in [-0.05, 0) is 45.7 Å². The van der Waals surface area contributed by atoms with Gasteiger partial charge < -0.3 is 10.4 Å². The van der Waals surface area contributed by atoms with Gasteiger partial charge in [0.05, 0.1) is 10.9 Å². The van der Waals surface area contributed by atoms with E-state index in [1.165, 1.54) is 4.31 Å². The predicted octanol–water partition coefficient (Wildman–Crippen LogP) is -0.0850. The summed E-state index contributed by atoms with van der Waals surface area (Å²) in [6, 6.07) is 0. The molecule has 0 saturated carbocycles. The van der Waals surface area contributed by atoms with E-state index in [1.54, 1.807) is 6.92 Å². The number of nitrogens with one attached hydrogen (secondary N) is 1. The Morgan fingerprint density at radius 3 is 2.59 bits per heavy atom. The van der Waals surface area contributed by atoms with Crippen LogP contribution in [0.2, 0.25) is 0 Å². The summed E-state index contributed by atoms with van der Waals surface area (Å²) in [6.07, 6.45) is 2.80. The molecular formula is C11H22N2O3S. The summed E-state index contributed by atoms with van der Waals surface area (Å²) in [5.74, 6) is 0. The zero-order valence-corrected chi connectivity index (χ0v) is 11.2. The Kier molecular flexibility index (Phi) is 3.77. The number of hydrogen-bond acceptors (Lipinski definition) is 4. The minimum absolute atomic E-state index is 0.249. The molecule has 0 radical (unpaired) electrons. The standard InChI is InChI=1S/C11H22N2O3S/c1-11(14)5-2-8-13(9-11)17(15,16)10-3-6-12-7-4-10/h10,12,14H,2-9H2,1H3. The van der Waals surface area contributed by atoms with Crippen LogP contribution in [0.15, 0.2) is 0 Å². The molecule has 1 atom stereocenters. The Labute approximate surface area is 103 Å². The maximum absolute atomic E-state index is 12.4. The van der Waals surface area contributed by atoms with E-state index in [0.717, 1.165) is 19.5 Å². The van der Waals surface area contributed by atoms with Gasteiger partial charge in [0.1, 0.15) is 0 Å². The van der Waals surface area contributed by atoms with E-state index in [4.69, 9.17) is 0 Å². The summed E-state index contributed by atoms with van der Waals surface area (Å²) in [5.41, 5.74) is -0.863. The minimum atomic E-state index is -3.22. The van der Waals surface area contributed by atoms with Crippen LogP contribution in [-0.2, 0) is 10.0 Å². The third-order valence-electron chi connectivity index (χ3n) is 3.71. The lowest BCUT2D eigenvalue weighted by molar-refractivity contribution is 0.00906. The van der Waals surface area contributed by atoms with Crippen LogP contribution in [0.25, 0.3) is 0 Å². The Morgan fingerprint density at radius 1 is 1.35 bits per heavy atom. The molecule has 2 heterocycles. The molecule has 2 aliphatic heterocycles. The molecule has 0 aromatic carbocycles. The first kappa shape index (κ1) is 13.3. The molecule has 2 fully saturated rings. The first-order valence-corrected chi connectivity index (χ1v) is 7.84. The van der Waals surface area contributed by atoms with Gasteiger partial charge in [-0.15, -0.1) is 0 Å². The van der Waals surface area contributed by atoms with Gasteiger partial charge in [0.25, 0.3) is 0 Å². The Hall–Kier alpha value is -0.170. The molecule has 100 valence electrons. The maximum Gasteiger partial charge on any atom is 0.217 e. The zero-order chi connectivity index (χ0) is 12.5. The van der Waals surface area contributed by atoms with Crippen LogP contribution >= 0.6 is 0 Å². The minimum Gasteiger partial charge on any atom is -0.389 e. The van der Waals surface area contributed by atoms with Gasteiger partial charge in [0, 0.05) is 13.1 Å². The molecule has 2 saturated heterocycles. The highest BCUT2D eigenvalue weighted by Crippen LogP contribution is 2.26. The van der Waals surface area contributed by atoms with Crippen molar-refractivity contribution >= 4 is 10.0 Å². The van der Waals surface area contributed by atoms with E-state index < -0.39 is 15.6 Å². The van der Waals surface area contributed by atoms with Crippen molar-refractivity contribution in [1.29, 1.82) is 0 Å². The van der Waals surface area contributed by atoms with Gasteiger partial charge in [-0.3, -0.25) is 0 Å². The lowest BCUT2D eigenvalue weighted by Gasteiger charge is -2.38. The molecule has 1 unspecified atom stereocenters. The van der Waals surface area contributed by atoms with Gasteiger partial charge in [-0.1, -0.05) is 0 Å². The molecule has 0 amide bonds. The number of piperidine rings is 2. The largest absolute Gasteiger partial charge is 0.389 e. The molecular weight excluding hydrogens is 240 g/mol. The topological polar surface area (TPSA) is 69.6 Å². The van der Waals surface area contributed by atoms with Gasteiger partial charge in [0.15, 0.2) is 0 Å². The molecule has 0 aromatic rings. The zero-order valence-electron chi connectivity index (χ0n) is 10.4. The Balaban J connectivity index is 2.09. The lowest BCUT2D eigenvalue weighted by Crippen LogP contribution is -2.52. The highest BCUT2D eigenvalue weighted by atomic mass is 32.2. The van der Waals surface area contributed by atoms with Crippen LogP contribution < -0.4 is 5.32 Å². The van der Waals surface area contributed by atoms with Crippen molar-refractivity contribution in [2.45, 2.75) is 43.5 Å². The van der Waals surface area contributed by atoms with E-state index in [2.05, 4.69) is 5.32 Å². The van der Waals surface area contributed by atoms with Crippen LogP contribution in [-0.4, -0.2) is 54.9 Å². The second kappa shape index (κ2) is 4.84. The Bertz CT molecular complexity index is 361. The average molecular weight is 262 g/mol. The number of rotatable bonds is 2. The quantitative estimate of drug-likeness (QED) is 0.730. The fourth-order valence-electron chi connectivity index (χ4n) is 2.70. The van der Waals surface area contributed by atoms with Crippen LogP contribution in [0.4, 0.5) is 0 Å². The highest BCUT2D eigenvalue weighted by molar-refractivity contribution is 7.89. The predicted molar refractivity (Wildman–Crippen MR) is 66.2 cm³/mol. The normalized spacial score (nSPS) is 33.8. The highest BCUT2D eigenvalue weighted by Gasteiger charge is 2.38. The fraction of sp³-hybridized carbons (Fsp3) is 1.00. The van der Waals surface area contributed by atoms with Crippen LogP contribution in [0.5, 0.6) is 0 Å². The molecule has 2 N–H and O–H groups in total. The first-order valence-electron chi connectivity index (χ1n) is 6.34. The number of sulfonamides is 1. The third kappa shape index (κ3) is 2.99. The van der Waals surface area contributed by atoms with Gasteiger partial charge in [0.2, 0.25) is 10.0 Å². The van der Waals surface area contributed by atoms with Crippen molar-refractivity contribution in [3.8, 4) is 0 Å². The number of hydrogen-bond donors (Lipinski definition) is 2. The summed E-state index contributed by atoms with van der Waals surface area (Å²) in [6.45, 7) is 4.07. The number of β-amino-alcohol motifs (C(OH)–C–C–N with tert-alkyl or cyclic N) is 1. The van der Waals surface area contributed by atoms with Crippen LogP contribution in [0.1, 0.15) is 32.6 Å². The van der Waals surface area contributed by atoms with E-state index in [0.29, 0.717) is 25.8 Å². The summed E-state index contributed by atoms with van der Waals surface area (Å²) in [5, 5.41) is 12.9. The molecule has 5 nitrogen and oxygen atoms in total. The molecule has 0 bridgehead atoms. The van der Waals surface area contributed by atoms with Gasteiger partial charge >= 0.3 is 0 Å². The summed E-state index contributed by atoms with van der Waals surface area (Å²) in [7, 11) is -3.22. The second-order valence-electron chi connectivity index (χ2n) is 5.43. The maximum atomic E-state index is 12.4. The van der Waals surface area contributed by atoms with Crippen molar-refractivity contribution < 1.29 is 13.5 Å². The molecule has 0 spiro atoms. The van der Waals surface area contributed by atoms with E-state index in [9.17, 15) is 13.5 Å². The smallest absolute Gasteiger partial charge is 0.217 e. The van der Waals surface area contributed by atoms with Crippen LogP contribution in [0.3, 0.4) is 0 Å². The average Bonchev–Trinajstić information content (AvgIpc) is 2.29. The molecule has 17 heavy (non-hydrogen) atoms. The van der Waals surface area contributed by atoms with E-state index in [1.807, 2.05) is 0 Å². The molecule has 2 aliphatic rings. The molecule has 0 aromatic heterocycles. The molecule has 2 rings (SSSR count). The van der Waals surface area contributed by atoms with Crippen molar-refractivity contribution in [3.63, 3.8) is 0 Å². The van der Waals surface area contributed by atoms with E-state index in [-0.39, 0.29) is 11.8 Å². The van der Waals surface area contributed by atoms with Crippen molar-refractivity contribution in [3.05, 3.63) is 0 Å². The monoisotopic (exact) mass is 262 g/mol. The first-order chi connectivity index (χ1) is 7.92. The SMILES string of the molecule is CC1(O)CCCN(S(=O)(=O)C2CCNCC2)C1. The van der Waals surface area contributed by atoms with Crippen LogP contribution in [0, 0.1) is 0 Å². The third-order valence-corrected chi connectivity index (χ3v) is 6.05. The van der Waals surface area contributed by atoms with E-state index >= 15 is 0 Å². The van der Waals surface area contributed by atoms with Crippen molar-refractivity contribution in [2.24, 2.45) is 0 Å². The van der Waals surface area contributed by atoms with Gasteiger partial charge in [-0.2, -0.15) is 4.31 Å². The summed E-state index contributed by atoms with van der Waals surface area (Å²) >= 11 is 0. The molecule has 6 heteroatoms. The van der Waals surface area contributed by atoms with Gasteiger partial charge in [-0.25, -0.2) is 8.42 Å². The summed E-state index contributed by atoms with van der Waals surface area (Å²) in [4.78, 5) is 0.